The number of aliphatic hydroxyl groups excluding tert-OH is 1. The first-order chi connectivity index (χ1) is 17.9. The van der Waals surface area contributed by atoms with Gasteiger partial charge in [0.05, 0.1) is 29.6 Å². The molecule has 0 spiro atoms. The molecule has 12 nitrogen and oxygen atoms in total. The van der Waals surface area contributed by atoms with E-state index in [4.69, 9.17) is 30.2 Å². The molecule has 14 heteroatoms. The van der Waals surface area contributed by atoms with Crippen molar-refractivity contribution in [2.24, 2.45) is 10.9 Å². The van der Waals surface area contributed by atoms with Crippen molar-refractivity contribution in [3.63, 3.8) is 0 Å². The van der Waals surface area contributed by atoms with Crippen molar-refractivity contribution in [1.29, 1.82) is 0 Å². The third-order valence-electron chi connectivity index (χ3n) is 6.06. The molecule has 0 unspecified atom stereocenters. The number of primary sulfonamides is 1. The predicted octanol–water partition coefficient (Wildman–Crippen LogP) is 2.11. The molecule has 2 aromatic heterocycles. The lowest BCUT2D eigenvalue weighted by molar-refractivity contribution is -0.109. The summed E-state index contributed by atoms with van der Waals surface area (Å²) in [7, 11) is -3.87. The highest BCUT2D eigenvalue weighted by Gasteiger charge is 2.41. The lowest BCUT2D eigenvalue weighted by Gasteiger charge is -2.40. The lowest BCUT2D eigenvalue weighted by atomic mass is 9.93. The van der Waals surface area contributed by atoms with Gasteiger partial charge in [0.2, 0.25) is 4.34 Å². The number of nitrogens with two attached hydrogens (primary N) is 2. The van der Waals surface area contributed by atoms with E-state index >= 15 is 0 Å². The van der Waals surface area contributed by atoms with E-state index in [9.17, 15) is 8.42 Å². The molecule has 2 aromatic carbocycles. The molecule has 0 aliphatic rings. The largest absolute Gasteiger partial charge is 0.491 e. The number of fused-ring (bicyclic) bond motifs is 1. The number of rotatable bonds is 12. The summed E-state index contributed by atoms with van der Waals surface area (Å²) in [6.07, 6.45) is 1.69. The first-order valence-corrected chi connectivity index (χ1v) is 14.0. The second kappa shape index (κ2) is 10.9. The number of hydrogen-bond donors (Lipinski definition) is 3. The zero-order valence-electron chi connectivity index (χ0n) is 21.2. The number of benzene rings is 2. The fourth-order valence-corrected chi connectivity index (χ4v) is 5.10. The van der Waals surface area contributed by atoms with Gasteiger partial charge in [-0.2, -0.15) is 0 Å². The van der Waals surface area contributed by atoms with Crippen LogP contribution in [0.1, 0.15) is 32.0 Å². The van der Waals surface area contributed by atoms with Crippen molar-refractivity contribution < 1.29 is 27.7 Å². The van der Waals surface area contributed by atoms with E-state index in [0.29, 0.717) is 27.4 Å². The maximum absolute atomic E-state index is 11.6. The molecule has 4 aromatic rings. The molecule has 0 aliphatic carbocycles. The van der Waals surface area contributed by atoms with Crippen LogP contribution in [0.15, 0.2) is 53.0 Å². The van der Waals surface area contributed by atoms with Crippen LogP contribution in [-0.2, 0) is 33.6 Å². The molecular weight excluding hydrogens is 532 g/mol. The number of aliphatic hydroxyl groups is 1. The highest BCUT2D eigenvalue weighted by atomic mass is 32.2. The summed E-state index contributed by atoms with van der Waals surface area (Å²) in [4.78, 5) is 4.03. The topological polar surface area (TPSA) is 178 Å². The van der Waals surface area contributed by atoms with Crippen LogP contribution < -0.4 is 20.3 Å². The second-order valence-electron chi connectivity index (χ2n) is 9.26. The van der Waals surface area contributed by atoms with Gasteiger partial charge in [-0.3, -0.25) is 0 Å². The highest BCUT2D eigenvalue weighted by molar-refractivity contribution is 7.91. The molecule has 0 radical (unpaired) electrons. The maximum atomic E-state index is 11.6. The maximum Gasteiger partial charge on any atom is 0.265 e. The van der Waals surface area contributed by atoms with Gasteiger partial charge in [0.25, 0.3) is 10.0 Å². The van der Waals surface area contributed by atoms with Crippen LogP contribution in [0.3, 0.4) is 0 Å². The standard InChI is InChI=1S/C24H30N6O6S2/c1-23(2,36-14-16-5-4-6-18(11-16)34-10-9-31)24(3,25)30-13-17(28-29-30)15-35-19-7-8-20-21(12-19)37-22(27-20)38(26,32)33/h4-8,11-13,31H,9-10,14-15,25H2,1-3H3,(H2,26,32,33)/t24-/m0/s1. The summed E-state index contributed by atoms with van der Waals surface area (Å²) in [5.41, 5.74) is 6.72. The van der Waals surface area contributed by atoms with Crippen LogP contribution in [0.5, 0.6) is 11.5 Å². The zero-order valence-corrected chi connectivity index (χ0v) is 22.8. The van der Waals surface area contributed by atoms with Crippen LogP contribution in [0, 0.1) is 0 Å². The molecule has 5 N–H and O–H groups in total. The summed E-state index contributed by atoms with van der Waals surface area (Å²) in [6.45, 7) is 6.10. The molecule has 0 amide bonds. The SMILES string of the molecule is CC(C)(OCc1cccc(OCCO)c1)[C@@](C)(N)n1cc(COc2ccc3nc(S(N)(=O)=O)sc3c2)nn1. The summed E-state index contributed by atoms with van der Waals surface area (Å²) in [5.74, 6) is 1.16. The molecule has 0 saturated heterocycles. The first kappa shape index (κ1) is 27.9. The average Bonchev–Trinajstić information content (AvgIpc) is 3.52. The molecule has 0 fully saturated rings. The van der Waals surface area contributed by atoms with Crippen molar-refractivity contribution >= 4 is 31.6 Å². The van der Waals surface area contributed by atoms with E-state index in [-0.39, 0.29) is 30.8 Å². The number of thiazole rings is 1. The van der Waals surface area contributed by atoms with E-state index in [1.807, 2.05) is 38.1 Å². The molecule has 2 heterocycles. The normalized spacial score (nSPS) is 13.9. The van der Waals surface area contributed by atoms with Crippen LogP contribution in [0.2, 0.25) is 0 Å². The van der Waals surface area contributed by atoms with E-state index in [1.54, 1.807) is 31.3 Å². The zero-order chi connectivity index (χ0) is 27.6. The minimum Gasteiger partial charge on any atom is -0.491 e. The van der Waals surface area contributed by atoms with Crippen molar-refractivity contribution in [3.05, 3.63) is 59.9 Å². The van der Waals surface area contributed by atoms with Gasteiger partial charge in [-0.1, -0.05) is 17.3 Å². The van der Waals surface area contributed by atoms with Gasteiger partial charge in [0.15, 0.2) is 0 Å². The fourth-order valence-electron chi connectivity index (χ4n) is 3.42. The van der Waals surface area contributed by atoms with Gasteiger partial charge in [-0.05, 0) is 56.7 Å². The average molecular weight is 563 g/mol. The minimum absolute atomic E-state index is 0.0619. The molecular formula is C24H30N6O6S2. The highest BCUT2D eigenvalue weighted by Crippen LogP contribution is 2.30. The van der Waals surface area contributed by atoms with Gasteiger partial charge < -0.3 is 25.1 Å². The van der Waals surface area contributed by atoms with Crippen molar-refractivity contribution in [1.82, 2.24) is 20.0 Å². The van der Waals surface area contributed by atoms with Gasteiger partial charge in [0.1, 0.15) is 41.7 Å². The van der Waals surface area contributed by atoms with Crippen LogP contribution >= 0.6 is 11.3 Å². The number of aromatic nitrogens is 4. The lowest BCUT2D eigenvalue weighted by Crippen LogP contribution is -2.58. The third-order valence-corrected chi connectivity index (χ3v) is 8.40. The van der Waals surface area contributed by atoms with Crippen molar-refractivity contribution in [3.8, 4) is 11.5 Å². The van der Waals surface area contributed by atoms with Gasteiger partial charge in [0, 0.05) is 0 Å². The van der Waals surface area contributed by atoms with Gasteiger partial charge in [-0.15, -0.1) is 16.4 Å². The van der Waals surface area contributed by atoms with E-state index in [0.717, 1.165) is 16.9 Å². The number of nitrogens with zero attached hydrogens (tertiary/aromatic N) is 4. The molecule has 0 aliphatic heterocycles. The summed E-state index contributed by atoms with van der Waals surface area (Å²) < 4.78 is 42.6. The summed E-state index contributed by atoms with van der Waals surface area (Å²) >= 11 is 0.974. The quantitative estimate of drug-likeness (QED) is 0.232. The van der Waals surface area contributed by atoms with Gasteiger partial charge >= 0.3 is 0 Å². The smallest absolute Gasteiger partial charge is 0.265 e. The van der Waals surface area contributed by atoms with Crippen molar-refractivity contribution in [2.45, 2.75) is 49.6 Å². The number of hydrogen-bond acceptors (Lipinski definition) is 11. The second-order valence-corrected chi connectivity index (χ2v) is 12.0. The Labute approximate surface area is 224 Å². The molecule has 1 atom stereocenters. The fraction of sp³-hybridized carbons (Fsp3) is 0.375. The molecule has 38 heavy (non-hydrogen) atoms. The summed E-state index contributed by atoms with van der Waals surface area (Å²) in [5, 5.41) is 22.5. The molecule has 0 bridgehead atoms. The Hall–Kier alpha value is -3.14. The van der Waals surface area contributed by atoms with Crippen LogP contribution in [0.4, 0.5) is 0 Å². The monoisotopic (exact) mass is 562 g/mol. The molecule has 0 saturated carbocycles. The predicted molar refractivity (Wildman–Crippen MR) is 141 cm³/mol. The van der Waals surface area contributed by atoms with E-state index in [2.05, 4.69) is 15.3 Å². The van der Waals surface area contributed by atoms with Crippen LogP contribution in [0.25, 0.3) is 10.2 Å². The Bertz CT molecular complexity index is 1520. The summed E-state index contributed by atoms with van der Waals surface area (Å²) in [6, 6.07) is 12.5. The Morgan fingerprint density at radius 3 is 2.58 bits per heavy atom. The third kappa shape index (κ3) is 6.28. The van der Waals surface area contributed by atoms with Crippen LogP contribution in [-0.4, -0.2) is 52.3 Å². The van der Waals surface area contributed by atoms with Crippen molar-refractivity contribution in [2.75, 3.05) is 13.2 Å². The number of sulfonamides is 1. The first-order valence-electron chi connectivity index (χ1n) is 11.6. The van der Waals surface area contributed by atoms with E-state index in [1.165, 1.54) is 4.68 Å². The van der Waals surface area contributed by atoms with E-state index < -0.39 is 21.3 Å². The molecule has 4 rings (SSSR count). The van der Waals surface area contributed by atoms with Gasteiger partial charge in [-0.25, -0.2) is 23.2 Å². The minimum atomic E-state index is -3.87. The Morgan fingerprint density at radius 1 is 1.08 bits per heavy atom. The Morgan fingerprint density at radius 2 is 1.84 bits per heavy atom. The molecule has 204 valence electrons. The number of ether oxygens (including phenoxy) is 3. The Kier molecular flexibility index (Phi) is 8.01. The Balaban J connectivity index is 1.40.